The van der Waals surface area contributed by atoms with Crippen molar-refractivity contribution in [2.45, 2.75) is 24.6 Å². The Kier molecular flexibility index (Phi) is 8.61. The standard InChI is InChI=1S/C10H20N2O4S/c1-7(17-3)4-5-11-10(15)12-8(6-16-2)9(13)14/h7-8H,4-6H2,1-3H3,(H,13,14)(H2,11,12,15). The van der Waals surface area contributed by atoms with Crippen LogP contribution in [-0.4, -0.2) is 54.9 Å². The van der Waals surface area contributed by atoms with Crippen LogP contribution in [-0.2, 0) is 9.53 Å². The topological polar surface area (TPSA) is 87.7 Å². The summed E-state index contributed by atoms with van der Waals surface area (Å²) in [6.07, 6.45) is 2.85. The number of carbonyl (C=O) groups is 2. The van der Waals surface area contributed by atoms with Crippen molar-refractivity contribution in [2.24, 2.45) is 0 Å². The van der Waals surface area contributed by atoms with Crippen LogP contribution in [0.1, 0.15) is 13.3 Å². The van der Waals surface area contributed by atoms with Gasteiger partial charge in [-0.25, -0.2) is 9.59 Å². The van der Waals surface area contributed by atoms with Gasteiger partial charge >= 0.3 is 12.0 Å². The van der Waals surface area contributed by atoms with Crippen molar-refractivity contribution in [2.75, 3.05) is 26.5 Å². The largest absolute Gasteiger partial charge is 0.480 e. The molecule has 0 radical (unpaired) electrons. The van der Waals surface area contributed by atoms with Crippen molar-refractivity contribution in [3.8, 4) is 0 Å². The molecule has 0 saturated heterocycles. The second-order valence-corrected chi connectivity index (χ2v) is 4.86. The number of hydrogen-bond acceptors (Lipinski definition) is 4. The van der Waals surface area contributed by atoms with Crippen molar-refractivity contribution in [1.82, 2.24) is 10.6 Å². The summed E-state index contributed by atoms with van der Waals surface area (Å²) < 4.78 is 4.70. The SMILES string of the molecule is COCC(NC(=O)NCCC(C)SC)C(=O)O. The van der Waals surface area contributed by atoms with Crippen LogP contribution in [0, 0.1) is 0 Å². The zero-order valence-corrected chi connectivity index (χ0v) is 11.2. The lowest BCUT2D eigenvalue weighted by molar-refractivity contribution is -0.140. The summed E-state index contributed by atoms with van der Waals surface area (Å²) in [5.41, 5.74) is 0. The fourth-order valence-corrected chi connectivity index (χ4v) is 1.41. The average molecular weight is 264 g/mol. The third-order valence-corrected chi connectivity index (χ3v) is 3.22. The van der Waals surface area contributed by atoms with Crippen LogP contribution in [0.3, 0.4) is 0 Å². The molecule has 17 heavy (non-hydrogen) atoms. The minimum Gasteiger partial charge on any atom is -0.480 e. The molecule has 6 nitrogen and oxygen atoms in total. The molecule has 0 bridgehead atoms. The van der Waals surface area contributed by atoms with Crippen molar-refractivity contribution >= 4 is 23.8 Å². The van der Waals surface area contributed by atoms with E-state index < -0.39 is 18.0 Å². The first kappa shape index (κ1) is 16.1. The molecular formula is C10H20N2O4S. The first-order valence-corrected chi connectivity index (χ1v) is 6.59. The summed E-state index contributed by atoms with van der Waals surface area (Å²) in [5.74, 6) is -1.11. The zero-order valence-electron chi connectivity index (χ0n) is 10.4. The van der Waals surface area contributed by atoms with Gasteiger partial charge in [-0.1, -0.05) is 6.92 Å². The lowest BCUT2D eigenvalue weighted by Gasteiger charge is -2.15. The molecule has 100 valence electrons. The number of nitrogens with one attached hydrogen (secondary N) is 2. The average Bonchev–Trinajstić information content (AvgIpc) is 2.28. The number of carbonyl (C=O) groups excluding carboxylic acids is 1. The summed E-state index contributed by atoms with van der Waals surface area (Å²) >= 11 is 1.72. The van der Waals surface area contributed by atoms with Gasteiger partial charge in [-0.15, -0.1) is 0 Å². The summed E-state index contributed by atoms with van der Waals surface area (Å²) in [4.78, 5) is 22.1. The van der Waals surface area contributed by atoms with Crippen LogP contribution in [0.25, 0.3) is 0 Å². The highest BCUT2D eigenvalue weighted by molar-refractivity contribution is 7.99. The maximum Gasteiger partial charge on any atom is 0.328 e. The van der Waals surface area contributed by atoms with E-state index in [0.717, 1.165) is 6.42 Å². The smallest absolute Gasteiger partial charge is 0.328 e. The Hall–Kier alpha value is -0.950. The Bertz CT molecular complexity index is 250. The number of carboxylic acid groups (broad SMARTS) is 1. The van der Waals surface area contributed by atoms with Gasteiger partial charge in [0.05, 0.1) is 6.61 Å². The van der Waals surface area contributed by atoms with Crippen LogP contribution >= 0.6 is 11.8 Å². The second-order valence-electron chi connectivity index (χ2n) is 3.58. The molecule has 0 saturated carbocycles. The number of urea groups is 1. The van der Waals surface area contributed by atoms with Crippen molar-refractivity contribution < 1.29 is 19.4 Å². The minimum absolute atomic E-state index is 0.0516. The third kappa shape index (κ3) is 7.87. The number of thioether (sulfide) groups is 1. The molecule has 0 spiro atoms. The Morgan fingerprint density at radius 1 is 1.47 bits per heavy atom. The van der Waals surface area contributed by atoms with E-state index >= 15 is 0 Å². The highest BCUT2D eigenvalue weighted by Crippen LogP contribution is 2.07. The van der Waals surface area contributed by atoms with E-state index in [1.54, 1.807) is 11.8 Å². The molecule has 0 aromatic rings. The molecule has 0 fully saturated rings. The maximum atomic E-state index is 11.4. The van der Waals surface area contributed by atoms with Gasteiger partial charge in [0.15, 0.2) is 6.04 Å². The molecule has 0 aliphatic heterocycles. The molecule has 0 aliphatic rings. The Balaban J connectivity index is 3.86. The van der Waals surface area contributed by atoms with Crippen molar-refractivity contribution in [3.63, 3.8) is 0 Å². The first-order valence-electron chi connectivity index (χ1n) is 5.30. The van der Waals surface area contributed by atoms with Crippen LogP contribution in [0.5, 0.6) is 0 Å². The molecule has 0 heterocycles. The minimum atomic E-state index is -1.11. The van der Waals surface area contributed by atoms with Gasteiger partial charge in [-0.3, -0.25) is 0 Å². The normalized spacial score (nSPS) is 13.8. The highest BCUT2D eigenvalue weighted by atomic mass is 32.2. The Labute approximate surface area is 105 Å². The lowest BCUT2D eigenvalue weighted by Crippen LogP contribution is -2.48. The number of rotatable bonds is 8. The summed E-state index contributed by atoms with van der Waals surface area (Å²) in [5, 5.41) is 14.2. The zero-order chi connectivity index (χ0) is 13.3. The molecule has 7 heteroatoms. The van der Waals surface area contributed by atoms with E-state index in [9.17, 15) is 9.59 Å². The van der Waals surface area contributed by atoms with Crippen LogP contribution in [0.4, 0.5) is 4.79 Å². The van der Waals surface area contributed by atoms with E-state index in [0.29, 0.717) is 11.8 Å². The van der Waals surface area contributed by atoms with Crippen LogP contribution < -0.4 is 10.6 Å². The van der Waals surface area contributed by atoms with Gasteiger partial charge in [-0.05, 0) is 12.7 Å². The van der Waals surface area contributed by atoms with Gasteiger partial charge in [0, 0.05) is 18.9 Å². The van der Waals surface area contributed by atoms with Gasteiger partial charge < -0.3 is 20.5 Å². The molecule has 3 N–H and O–H groups in total. The van der Waals surface area contributed by atoms with E-state index in [1.165, 1.54) is 7.11 Å². The predicted molar refractivity (Wildman–Crippen MR) is 67.4 cm³/mol. The fraction of sp³-hybridized carbons (Fsp3) is 0.800. The van der Waals surface area contributed by atoms with Gasteiger partial charge in [0.1, 0.15) is 0 Å². The van der Waals surface area contributed by atoms with Crippen LogP contribution in [0.15, 0.2) is 0 Å². The summed E-state index contributed by atoms with van der Waals surface area (Å²) in [7, 11) is 1.38. The molecule has 0 aromatic carbocycles. The van der Waals surface area contributed by atoms with Crippen LogP contribution in [0.2, 0.25) is 0 Å². The quantitative estimate of drug-likeness (QED) is 0.595. The Morgan fingerprint density at radius 2 is 2.12 bits per heavy atom. The molecule has 2 atom stereocenters. The number of hydrogen-bond donors (Lipinski definition) is 3. The predicted octanol–water partition coefficient (Wildman–Crippen LogP) is 0.527. The third-order valence-electron chi connectivity index (χ3n) is 2.18. The fourth-order valence-electron chi connectivity index (χ4n) is 1.06. The number of ether oxygens (including phenoxy) is 1. The molecule has 0 aliphatic carbocycles. The number of carboxylic acids is 1. The molecule has 0 rings (SSSR count). The van der Waals surface area contributed by atoms with E-state index in [1.807, 2.05) is 6.26 Å². The summed E-state index contributed by atoms with van der Waals surface area (Å²) in [6.45, 7) is 2.53. The number of aliphatic carboxylic acids is 1. The molecule has 2 unspecified atom stereocenters. The van der Waals surface area contributed by atoms with E-state index in [2.05, 4.69) is 17.6 Å². The molecule has 2 amide bonds. The Morgan fingerprint density at radius 3 is 2.59 bits per heavy atom. The van der Waals surface area contributed by atoms with Gasteiger partial charge in [-0.2, -0.15) is 11.8 Å². The van der Waals surface area contributed by atoms with Crippen molar-refractivity contribution in [1.29, 1.82) is 0 Å². The molecular weight excluding hydrogens is 244 g/mol. The first-order chi connectivity index (χ1) is 8.01. The van der Waals surface area contributed by atoms with Crippen molar-refractivity contribution in [3.05, 3.63) is 0 Å². The van der Waals surface area contributed by atoms with E-state index in [-0.39, 0.29) is 6.61 Å². The van der Waals surface area contributed by atoms with Gasteiger partial charge in [0.2, 0.25) is 0 Å². The highest BCUT2D eigenvalue weighted by Gasteiger charge is 2.19. The monoisotopic (exact) mass is 264 g/mol. The number of amides is 2. The second kappa shape index (κ2) is 9.12. The summed E-state index contributed by atoms with van der Waals surface area (Å²) in [6, 6.07) is -1.50. The number of methoxy groups -OCH3 is 1. The van der Waals surface area contributed by atoms with E-state index in [4.69, 9.17) is 9.84 Å². The van der Waals surface area contributed by atoms with Gasteiger partial charge in [0.25, 0.3) is 0 Å². The lowest BCUT2D eigenvalue weighted by atomic mass is 10.3. The maximum absolute atomic E-state index is 11.4. The molecule has 0 aromatic heterocycles.